The van der Waals surface area contributed by atoms with Crippen molar-refractivity contribution in [2.45, 2.75) is 6.54 Å². The number of nitriles is 1. The van der Waals surface area contributed by atoms with Crippen LogP contribution >= 0.6 is 27.3 Å². The van der Waals surface area contributed by atoms with Gasteiger partial charge < -0.3 is 4.90 Å². The van der Waals surface area contributed by atoms with Crippen molar-refractivity contribution in [2.75, 3.05) is 26.2 Å². The molecule has 3 rings (SSSR count). The molecule has 6 heteroatoms. The Morgan fingerprint density at radius 2 is 1.88 bits per heavy atom. The lowest BCUT2D eigenvalue weighted by Crippen LogP contribution is -2.47. The highest BCUT2D eigenvalue weighted by Gasteiger charge is 2.19. The molecule has 0 saturated carbocycles. The molecule has 1 aliphatic rings. The molecule has 128 valence electrons. The summed E-state index contributed by atoms with van der Waals surface area (Å²) in [6.45, 7) is 4.24. The summed E-state index contributed by atoms with van der Waals surface area (Å²) in [7, 11) is 0. The number of carbonyl (C=O) groups excluding carboxylic acids is 1. The smallest absolute Gasteiger partial charge is 0.246 e. The third-order valence-electron chi connectivity index (χ3n) is 4.15. The number of halogens is 1. The number of amides is 1. The third-order valence-corrected chi connectivity index (χ3v) is 5.76. The Labute approximate surface area is 160 Å². The molecule has 1 fully saturated rings. The summed E-state index contributed by atoms with van der Waals surface area (Å²) >= 11 is 5.25. The van der Waals surface area contributed by atoms with E-state index in [2.05, 4.69) is 39.0 Å². The molecule has 1 amide bonds. The summed E-state index contributed by atoms with van der Waals surface area (Å²) < 4.78 is 1.16. The van der Waals surface area contributed by atoms with Crippen LogP contribution in [0.5, 0.6) is 0 Å². The van der Waals surface area contributed by atoms with Gasteiger partial charge in [-0.25, -0.2) is 0 Å². The molecule has 2 aromatic rings. The molecule has 0 unspecified atom stereocenters. The molecule has 1 saturated heterocycles. The number of hydrogen-bond acceptors (Lipinski definition) is 4. The van der Waals surface area contributed by atoms with E-state index in [0.717, 1.165) is 42.1 Å². The van der Waals surface area contributed by atoms with Gasteiger partial charge in [-0.15, -0.1) is 11.3 Å². The van der Waals surface area contributed by atoms with E-state index >= 15 is 0 Å². The summed E-state index contributed by atoms with van der Waals surface area (Å²) in [4.78, 5) is 17.9. The van der Waals surface area contributed by atoms with Crippen LogP contribution in [0.15, 0.2) is 46.3 Å². The fourth-order valence-corrected chi connectivity index (χ4v) is 4.25. The second kappa shape index (κ2) is 8.43. The lowest BCUT2D eigenvalue weighted by molar-refractivity contribution is -0.127. The summed E-state index contributed by atoms with van der Waals surface area (Å²) in [6, 6.07) is 13.5. The topological polar surface area (TPSA) is 47.3 Å². The molecule has 1 aromatic heterocycles. The summed E-state index contributed by atoms with van der Waals surface area (Å²) in [5, 5.41) is 8.80. The van der Waals surface area contributed by atoms with Crippen LogP contribution in [0.2, 0.25) is 0 Å². The summed E-state index contributed by atoms with van der Waals surface area (Å²) in [6.07, 6.45) is 3.42. The Bertz CT molecular complexity index is 799. The standard InChI is InChI=1S/C19H18BrN3OS/c20-18-7-6-17(25-18)14-22-9-11-23(12-10-22)19(24)8-5-15-1-3-16(13-21)4-2-15/h1-8H,9-12,14H2. The number of hydrogen-bond donors (Lipinski definition) is 0. The van der Waals surface area contributed by atoms with E-state index in [1.54, 1.807) is 35.6 Å². The van der Waals surface area contributed by atoms with Gasteiger partial charge in [0, 0.05) is 43.7 Å². The normalized spacial score (nSPS) is 15.4. The van der Waals surface area contributed by atoms with Crippen LogP contribution in [0.1, 0.15) is 16.0 Å². The minimum atomic E-state index is 0.0443. The highest BCUT2D eigenvalue weighted by molar-refractivity contribution is 9.11. The van der Waals surface area contributed by atoms with E-state index in [1.807, 2.05) is 17.0 Å². The van der Waals surface area contributed by atoms with Gasteiger partial charge in [0.15, 0.2) is 0 Å². The molecular weight excluding hydrogens is 398 g/mol. The van der Waals surface area contributed by atoms with Crippen LogP contribution in [0, 0.1) is 11.3 Å². The number of nitrogens with zero attached hydrogens (tertiary/aromatic N) is 3. The van der Waals surface area contributed by atoms with E-state index in [9.17, 15) is 4.79 Å². The first-order valence-corrected chi connectivity index (χ1v) is 9.69. The number of rotatable bonds is 4. The van der Waals surface area contributed by atoms with Crippen LogP contribution < -0.4 is 0 Å². The second-order valence-corrected chi connectivity index (χ2v) is 8.42. The van der Waals surface area contributed by atoms with Crippen LogP contribution in [-0.2, 0) is 11.3 Å². The Hall–Kier alpha value is -1.94. The summed E-state index contributed by atoms with van der Waals surface area (Å²) in [5.41, 5.74) is 1.55. The molecule has 1 aliphatic heterocycles. The van der Waals surface area contributed by atoms with E-state index in [1.165, 1.54) is 4.88 Å². The fraction of sp³-hybridized carbons (Fsp3) is 0.263. The monoisotopic (exact) mass is 415 g/mol. The lowest BCUT2D eigenvalue weighted by atomic mass is 10.1. The molecule has 2 heterocycles. The number of carbonyl (C=O) groups is 1. The SMILES string of the molecule is N#Cc1ccc(C=CC(=O)N2CCN(Cc3ccc(Br)s3)CC2)cc1. The van der Waals surface area contributed by atoms with Gasteiger partial charge >= 0.3 is 0 Å². The van der Waals surface area contributed by atoms with Gasteiger partial charge in [-0.3, -0.25) is 9.69 Å². The molecule has 25 heavy (non-hydrogen) atoms. The minimum absolute atomic E-state index is 0.0443. The van der Waals surface area contributed by atoms with Crippen molar-refractivity contribution in [2.24, 2.45) is 0 Å². The molecular formula is C19H18BrN3OS. The van der Waals surface area contributed by atoms with Crippen molar-refractivity contribution in [3.8, 4) is 6.07 Å². The molecule has 0 aliphatic carbocycles. The van der Waals surface area contributed by atoms with Gasteiger partial charge in [0.25, 0.3) is 0 Å². The van der Waals surface area contributed by atoms with E-state index in [4.69, 9.17) is 5.26 Å². The number of piperazine rings is 1. The molecule has 0 bridgehead atoms. The van der Waals surface area contributed by atoms with Gasteiger partial charge in [-0.05, 0) is 51.8 Å². The Morgan fingerprint density at radius 1 is 1.16 bits per heavy atom. The first kappa shape index (κ1) is 17.9. The average Bonchev–Trinajstić information content (AvgIpc) is 3.05. The van der Waals surface area contributed by atoms with Gasteiger partial charge in [0.2, 0.25) is 5.91 Å². The van der Waals surface area contributed by atoms with Gasteiger partial charge in [0.05, 0.1) is 15.4 Å². The highest BCUT2D eigenvalue weighted by Crippen LogP contribution is 2.23. The maximum atomic E-state index is 12.3. The lowest BCUT2D eigenvalue weighted by Gasteiger charge is -2.33. The zero-order chi connectivity index (χ0) is 17.6. The minimum Gasteiger partial charge on any atom is -0.337 e. The Balaban J connectivity index is 1.49. The number of thiophene rings is 1. The van der Waals surface area contributed by atoms with Crippen molar-refractivity contribution in [1.82, 2.24) is 9.80 Å². The van der Waals surface area contributed by atoms with Crippen molar-refractivity contribution in [3.63, 3.8) is 0 Å². The predicted octanol–water partition coefficient (Wildman–Crippen LogP) is 3.74. The van der Waals surface area contributed by atoms with Crippen LogP contribution in [0.4, 0.5) is 0 Å². The predicted molar refractivity (Wildman–Crippen MR) is 104 cm³/mol. The van der Waals surface area contributed by atoms with Crippen LogP contribution in [0.3, 0.4) is 0 Å². The maximum Gasteiger partial charge on any atom is 0.246 e. The largest absolute Gasteiger partial charge is 0.337 e. The van der Waals surface area contributed by atoms with Gasteiger partial charge in [-0.2, -0.15) is 5.26 Å². The molecule has 0 atom stereocenters. The quantitative estimate of drug-likeness (QED) is 0.714. The first-order valence-electron chi connectivity index (χ1n) is 8.08. The third kappa shape index (κ3) is 5.02. The Kier molecular flexibility index (Phi) is 6.03. The highest BCUT2D eigenvalue weighted by atomic mass is 79.9. The van der Waals surface area contributed by atoms with E-state index in [0.29, 0.717) is 5.56 Å². The fourth-order valence-electron chi connectivity index (χ4n) is 2.73. The van der Waals surface area contributed by atoms with Crippen LogP contribution in [0.25, 0.3) is 6.08 Å². The molecule has 1 aromatic carbocycles. The maximum absolute atomic E-state index is 12.3. The van der Waals surface area contributed by atoms with E-state index < -0.39 is 0 Å². The summed E-state index contributed by atoms with van der Waals surface area (Å²) in [5.74, 6) is 0.0443. The first-order chi connectivity index (χ1) is 12.1. The van der Waals surface area contributed by atoms with Crippen molar-refractivity contribution < 1.29 is 4.79 Å². The van der Waals surface area contributed by atoms with Crippen LogP contribution in [-0.4, -0.2) is 41.9 Å². The number of benzene rings is 1. The van der Waals surface area contributed by atoms with Gasteiger partial charge in [0.1, 0.15) is 0 Å². The zero-order valence-electron chi connectivity index (χ0n) is 13.7. The van der Waals surface area contributed by atoms with Crippen molar-refractivity contribution in [3.05, 3.63) is 62.3 Å². The van der Waals surface area contributed by atoms with Crippen molar-refractivity contribution in [1.29, 1.82) is 5.26 Å². The van der Waals surface area contributed by atoms with E-state index in [-0.39, 0.29) is 5.91 Å². The molecule has 0 radical (unpaired) electrons. The van der Waals surface area contributed by atoms with Crippen molar-refractivity contribution >= 4 is 39.2 Å². The second-order valence-electron chi connectivity index (χ2n) is 5.87. The molecule has 0 spiro atoms. The van der Waals surface area contributed by atoms with Gasteiger partial charge in [-0.1, -0.05) is 12.1 Å². The molecule has 0 N–H and O–H groups in total. The molecule has 4 nitrogen and oxygen atoms in total. The average molecular weight is 416 g/mol. The Morgan fingerprint density at radius 3 is 2.48 bits per heavy atom. The zero-order valence-corrected chi connectivity index (χ0v) is 16.1.